The molecule has 2 bridgehead atoms. The summed E-state index contributed by atoms with van der Waals surface area (Å²) in [6.07, 6.45) is 7.83. The maximum atomic E-state index is 12.3. The summed E-state index contributed by atoms with van der Waals surface area (Å²) in [6, 6.07) is 0. The third-order valence-corrected chi connectivity index (χ3v) is 5.56. The van der Waals surface area contributed by atoms with E-state index in [2.05, 4.69) is 13.8 Å². The van der Waals surface area contributed by atoms with Crippen molar-refractivity contribution in [2.75, 3.05) is 0 Å². The normalized spacial score (nSPS) is 52.2. The second-order valence-corrected chi connectivity index (χ2v) is 6.85. The largest absolute Gasteiger partial charge is 0.299 e. The number of ketones is 1. The summed E-state index contributed by atoms with van der Waals surface area (Å²) >= 11 is 0. The first-order valence-corrected chi connectivity index (χ1v) is 7.18. The molecular formula is C15H24O. The van der Waals surface area contributed by atoms with Crippen LogP contribution >= 0.6 is 0 Å². The molecule has 0 N–H and O–H groups in total. The Morgan fingerprint density at radius 1 is 1.06 bits per heavy atom. The van der Waals surface area contributed by atoms with Gasteiger partial charge in [0, 0.05) is 12.3 Å². The lowest BCUT2D eigenvalue weighted by Crippen LogP contribution is -2.38. The van der Waals surface area contributed by atoms with Gasteiger partial charge in [0.15, 0.2) is 0 Å². The van der Waals surface area contributed by atoms with E-state index in [1.54, 1.807) is 0 Å². The maximum Gasteiger partial charge on any atom is 0.136 e. The van der Waals surface area contributed by atoms with Crippen molar-refractivity contribution in [1.82, 2.24) is 0 Å². The Bertz CT molecular complexity index is 296. The zero-order valence-electron chi connectivity index (χ0n) is 10.6. The summed E-state index contributed by atoms with van der Waals surface area (Å²) < 4.78 is 0. The highest BCUT2D eigenvalue weighted by molar-refractivity contribution is 5.82. The zero-order chi connectivity index (χ0) is 11.3. The molecule has 0 radical (unpaired) electrons. The van der Waals surface area contributed by atoms with E-state index in [1.807, 2.05) is 0 Å². The summed E-state index contributed by atoms with van der Waals surface area (Å²) in [5.41, 5.74) is 0. The number of fused-ring (bicyclic) bond motifs is 2. The molecule has 0 heterocycles. The minimum Gasteiger partial charge on any atom is -0.299 e. The molecule has 0 spiro atoms. The molecule has 3 saturated carbocycles. The fourth-order valence-corrected chi connectivity index (χ4v) is 5.06. The average molecular weight is 220 g/mol. The summed E-state index contributed by atoms with van der Waals surface area (Å²) in [5, 5.41) is 0. The fraction of sp³-hybridized carbons (Fsp3) is 0.933. The Hall–Kier alpha value is -0.330. The van der Waals surface area contributed by atoms with E-state index >= 15 is 0 Å². The van der Waals surface area contributed by atoms with Crippen molar-refractivity contribution in [3.63, 3.8) is 0 Å². The first-order valence-electron chi connectivity index (χ1n) is 7.18. The number of carbonyl (C=O) groups is 1. The Balaban J connectivity index is 1.76. The van der Waals surface area contributed by atoms with Crippen LogP contribution < -0.4 is 0 Å². The van der Waals surface area contributed by atoms with Crippen LogP contribution in [0.4, 0.5) is 0 Å². The molecule has 0 aliphatic heterocycles. The zero-order valence-corrected chi connectivity index (χ0v) is 10.6. The van der Waals surface area contributed by atoms with E-state index in [9.17, 15) is 4.79 Å². The van der Waals surface area contributed by atoms with Crippen molar-refractivity contribution in [2.45, 2.75) is 52.4 Å². The molecule has 0 aromatic rings. The number of hydrogen-bond acceptors (Lipinski definition) is 1. The van der Waals surface area contributed by atoms with E-state index in [0.29, 0.717) is 23.5 Å². The molecule has 0 saturated heterocycles. The SMILES string of the molecule is C[C@H]1CC(=O)[C@@H]([C@@H]2C[C@@H]3CC[C@@H]2C3)[C@H](C)C1. The Morgan fingerprint density at radius 3 is 2.44 bits per heavy atom. The predicted octanol–water partition coefficient (Wildman–Crippen LogP) is 3.67. The second-order valence-electron chi connectivity index (χ2n) is 6.85. The Morgan fingerprint density at radius 2 is 1.88 bits per heavy atom. The van der Waals surface area contributed by atoms with Crippen molar-refractivity contribution in [3.05, 3.63) is 0 Å². The fourth-order valence-electron chi connectivity index (χ4n) is 5.06. The minimum atomic E-state index is 0.437. The van der Waals surface area contributed by atoms with Crippen molar-refractivity contribution < 1.29 is 4.79 Å². The molecule has 0 aromatic heterocycles. The van der Waals surface area contributed by atoms with Gasteiger partial charge in [0.2, 0.25) is 0 Å². The second kappa shape index (κ2) is 3.85. The quantitative estimate of drug-likeness (QED) is 0.659. The minimum absolute atomic E-state index is 0.437. The number of rotatable bonds is 1. The Labute approximate surface area is 99.0 Å². The van der Waals surface area contributed by atoms with Gasteiger partial charge >= 0.3 is 0 Å². The predicted molar refractivity (Wildman–Crippen MR) is 65.0 cm³/mol. The van der Waals surface area contributed by atoms with Crippen LogP contribution in [0.1, 0.15) is 52.4 Å². The monoisotopic (exact) mass is 220 g/mol. The number of carbonyl (C=O) groups excluding carboxylic acids is 1. The molecule has 6 atom stereocenters. The highest BCUT2D eigenvalue weighted by Gasteiger charge is 2.47. The lowest BCUT2D eigenvalue weighted by Gasteiger charge is -2.38. The first kappa shape index (κ1) is 10.8. The van der Waals surface area contributed by atoms with Crippen molar-refractivity contribution in [1.29, 1.82) is 0 Å². The van der Waals surface area contributed by atoms with Crippen LogP contribution in [0.15, 0.2) is 0 Å². The standard InChI is InChI=1S/C15H24O/c1-9-5-10(2)15(14(16)6-9)13-8-11-3-4-12(13)7-11/h9-13,15H,3-8H2,1-2H3/t9-,10-,11-,12-,13-,15-/m1/s1. The van der Waals surface area contributed by atoms with Crippen LogP contribution in [0.5, 0.6) is 0 Å². The van der Waals surface area contributed by atoms with Gasteiger partial charge in [0.1, 0.15) is 5.78 Å². The lowest BCUT2D eigenvalue weighted by atomic mass is 9.65. The van der Waals surface area contributed by atoms with Gasteiger partial charge in [-0.3, -0.25) is 4.79 Å². The van der Waals surface area contributed by atoms with E-state index < -0.39 is 0 Å². The lowest BCUT2D eigenvalue weighted by molar-refractivity contribution is -0.131. The summed E-state index contributed by atoms with van der Waals surface area (Å²) in [7, 11) is 0. The smallest absolute Gasteiger partial charge is 0.136 e. The van der Waals surface area contributed by atoms with Crippen LogP contribution in [0.2, 0.25) is 0 Å². The van der Waals surface area contributed by atoms with Gasteiger partial charge < -0.3 is 0 Å². The molecule has 1 heteroatoms. The molecule has 1 nitrogen and oxygen atoms in total. The van der Waals surface area contributed by atoms with Gasteiger partial charge in [-0.1, -0.05) is 20.3 Å². The van der Waals surface area contributed by atoms with Crippen molar-refractivity contribution in [3.8, 4) is 0 Å². The molecule has 3 aliphatic carbocycles. The topological polar surface area (TPSA) is 17.1 Å². The summed E-state index contributed by atoms with van der Waals surface area (Å²) in [5.74, 6) is 4.99. The molecule has 3 rings (SSSR count). The van der Waals surface area contributed by atoms with Gasteiger partial charge in [-0.2, -0.15) is 0 Å². The summed E-state index contributed by atoms with van der Waals surface area (Å²) in [6.45, 7) is 4.57. The van der Waals surface area contributed by atoms with Crippen LogP contribution in [-0.2, 0) is 4.79 Å². The van der Waals surface area contributed by atoms with E-state index in [-0.39, 0.29) is 0 Å². The van der Waals surface area contributed by atoms with Gasteiger partial charge in [0.05, 0.1) is 0 Å². The van der Waals surface area contributed by atoms with Crippen molar-refractivity contribution >= 4 is 5.78 Å². The van der Waals surface area contributed by atoms with Gasteiger partial charge in [-0.25, -0.2) is 0 Å². The third kappa shape index (κ3) is 1.63. The number of hydrogen-bond donors (Lipinski definition) is 0. The molecular weight excluding hydrogens is 196 g/mol. The molecule has 0 unspecified atom stereocenters. The average Bonchev–Trinajstić information content (AvgIpc) is 2.77. The molecule has 0 aromatic carbocycles. The number of Topliss-reactive ketones (excluding diaryl/α,β-unsaturated/α-hetero) is 1. The van der Waals surface area contributed by atoms with E-state index in [4.69, 9.17) is 0 Å². The molecule has 90 valence electrons. The summed E-state index contributed by atoms with van der Waals surface area (Å²) in [4.78, 5) is 12.3. The third-order valence-electron chi connectivity index (χ3n) is 5.56. The first-order chi connectivity index (χ1) is 7.65. The molecule has 3 fully saturated rings. The van der Waals surface area contributed by atoms with E-state index in [0.717, 1.165) is 24.2 Å². The van der Waals surface area contributed by atoms with Crippen LogP contribution in [0.3, 0.4) is 0 Å². The Kier molecular flexibility index (Phi) is 2.60. The van der Waals surface area contributed by atoms with Gasteiger partial charge in [0.25, 0.3) is 0 Å². The highest BCUT2D eigenvalue weighted by atomic mass is 16.1. The molecule has 0 amide bonds. The highest BCUT2D eigenvalue weighted by Crippen LogP contribution is 2.54. The van der Waals surface area contributed by atoms with Crippen LogP contribution in [-0.4, -0.2) is 5.78 Å². The van der Waals surface area contributed by atoms with Crippen molar-refractivity contribution in [2.24, 2.45) is 35.5 Å². The van der Waals surface area contributed by atoms with Crippen LogP contribution in [0.25, 0.3) is 0 Å². The van der Waals surface area contributed by atoms with Gasteiger partial charge in [-0.05, 0) is 55.3 Å². The van der Waals surface area contributed by atoms with E-state index in [1.165, 1.54) is 32.1 Å². The molecule has 3 aliphatic rings. The van der Waals surface area contributed by atoms with Gasteiger partial charge in [-0.15, -0.1) is 0 Å². The molecule has 16 heavy (non-hydrogen) atoms. The maximum absolute atomic E-state index is 12.3. The van der Waals surface area contributed by atoms with Crippen LogP contribution in [0, 0.1) is 35.5 Å².